The average molecular weight is 507 g/mol. The number of nitrogens with zero attached hydrogens (tertiary/aromatic N) is 2. The first kappa shape index (κ1) is 25.1. The summed E-state index contributed by atoms with van der Waals surface area (Å²) in [4.78, 5) is 14.6. The predicted octanol–water partition coefficient (Wildman–Crippen LogP) is 5.17. The lowest BCUT2D eigenvalue weighted by Crippen LogP contribution is -2.29. The summed E-state index contributed by atoms with van der Waals surface area (Å²) < 4.78 is 40.5. The second kappa shape index (κ2) is 11.5. The van der Waals surface area contributed by atoms with Crippen molar-refractivity contribution in [2.24, 2.45) is 4.40 Å². The molecule has 1 aromatic carbocycles. The Morgan fingerprint density at radius 2 is 2.03 bits per heavy atom. The molecule has 0 unspecified atom stereocenters. The van der Waals surface area contributed by atoms with Gasteiger partial charge in [0.05, 0.1) is 18.6 Å². The number of amides is 1. The van der Waals surface area contributed by atoms with Crippen LogP contribution < -0.4 is 9.47 Å². The Kier molecular flexibility index (Phi) is 8.76. The lowest BCUT2D eigenvalue weighted by Gasteiger charge is -2.12. The van der Waals surface area contributed by atoms with Gasteiger partial charge in [-0.1, -0.05) is 38.0 Å². The van der Waals surface area contributed by atoms with E-state index in [2.05, 4.69) is 17.9 Å². The minimum Gasteiger partial charge on any atom is -0.493 e. The summed E-state index contributed by atoms with van der Waals surface area (Å²) in [6.45, 7) is 6.55. The highest BCUT2D eigenvalue weighted by Crippen LogP contribution is 2.36. The van der Waals surface area contributed by atoms with Crippen LogP contribution in [0.1, 0.15) is 31.7 Å². The second-order valence-electron chi connectivity index (χ2n) is 7.06. The number of thioether (sulfide) groups is 1. The number of carbonyl (C=O) groups excluding carboxylic acids is 1. The molecule has 1 aliphatic heterocycles. The number of methoxy groups -OCH3 is 1. The van der Waals surface area contributed by atoms with E-state index < -0.39 is 10.0 Å². The highest BCUT2D eigenvalue weighted by Gasteiger charge is 2.34. The Labute approximate surface area is 202 Å². The van der Waals surface area contributed by atoms with Crippen LogP contribution in [0.2, 0.25) is 0 Å². The molecule has 33 heavy (non-hydrogen) atoms. The van der Waals surface area contributed by atoms with Crippen LogP contribution in [-0.2, 0) is 14.8 Å². The number of rotatable bonds is 11. The molecule has 2 aromatic rings. The quantitative estimate of drug-likeness (QED) is 0.237. The number of thiophene rings is 1. The molecule has 0 bridgehead atoms. The van der Waals surface area contributed by atoms with E-state index in [4.69, 9.17) is 9.47 Å². The largest absolute Gasteiger partial charge is 0.493 e. The van der Waals surface area contributed by atoms with Gasteiger partial charge in [0.2, 0.25) is 0 Å². The van der Waals surface area contributed by atoms with Gasteiger partial charge < -0.3 is 9.47 Å². The van der Waals surface area contributed by atoms with E-state index in [-0.39, 0.29) is 21.8 Å². The van der Waals surface area contributed by atoms with Crippen LogP contribution >= 0.6 is 23.1 Å². The van der Waals surface area contributed by atoms with Crippen molar-refractivity contribution in [2.45, 2.75) is 30.4 Å². The maximum atomic E-state index is 13.0. The number of sulfonamides is 1. The zero-order chi connectivity index (χ0) is 23.8. The van der Waals surface area contributed by atoms with Gasteiger partial charge in [-0.25, -0.2) is 0 Å². The summed E-state index contributed by atoms with van der Waals surface area (Å²) in [5.74, 6) is 0.867. The maximum absolute atomic E-state index is 13.0. The fraction of sp³-hybridized carbons (Fsp3) is 0.304. The van der Waals surface area contributed by atoms with Crippen LogP contribution in [0.4, 0.5) is 0 Å². The number of ether oxygens (including phenoxy) is 2. The summed E-state index contributed by atoms with van der Waals surface area (Å²) in [5.41, 5.74) is 0.726. The fourth-order valence-corrected chi connectivity index (χ4v) is 6.16. The van der Waals surface area contributed by atoms with Crippen LogP contribution in [0, 0.1) is 0 Å². The zero-order valence-corrected chi connectivity index (χ0v) is 21.0. The van der Waals surface area contributed by atoms with E-state index in [1.807, 2.05) is 6.07 Å². The summed E-state index contributed by atoms with van der Waals surface area (Å²) in [6.07, 6.45) is 6.39. The van der Waals surface area contributed by atoms with Crippen molar-refractivity contribution >= 4 is 50.3 Å². The number of hydrogen-bond donors (Lipinski definition) is 0. The van der Waals surface area contributed by atoms with Gasteiger partial charge in [0.1, 0.15) is 4.21 Å². The third-order valence-corrected chi connectivity index (χ3v) is 8.40. The van der Waals surface area contributed by atoms with E-state index in [0.717, 1.165) is 47.9 Å². The second-order valence-corrected chi connectivity index (χ2v) is 10.8. The number of hydrogen-bond acceptors (Lipinski definition) is 7. The summed E-state index contributed by atoms with van der Waals surface area (Å²) >= 11 is 2.09. The molecule has 1 aliphatic rings. The highest BCUT2D eigenvalue weighted by atomic mass is 32.2. The standard InChI is InChI=1S/C23H26N2O5S3/c1-4-6-7-13-30-18-11-10-17(15-19(18)29-3)16-20-22(26)25(12-5-2)23(32-20)24-33(27,28)21-9-8-14-31-21/h5,8-11,14-16H,2,4,6-7,12-13H2,1,3H3/b20-16-,24-23+. The Balaban J connectivity index is 1.86. The Bertz CT molecular complexity index is 1150. The lowest BCUT2D eigenvalue weighted by molar-refractivity contribution is -0.121. The van der Waals surface area contributed by atoms with Gasteiger partial charge in [0.25, 0.3) is 15.9 Å². The smallest absolute Gasteiger partial charge is 0.294 e. The molecule has 3 rings (SSSR count). The maximum Gasteiger partial charge on any atom is 0.294 e. The first-order valence-corrected chi connectivity index (χ1v) is 13.5. The molecule has 1 saturated heterocycles. The van der Waals surface area contributed by atoms with Gasteiger partial charge in [-0.3, -0.25) is 9.69 Å². The number of benzene rings is 1. The first-order valence-electron chi connectivity index (χ1n) is 10.4. The monoisotopic (exact) mass is 506 g/mol. The molecular formula is C23H26N2O5S3. The Morgan fingerprint density at radius 1 is 1.21 bits per heavy atom. The number of amidine groups is 1. The average Bonchev–Trinajstić information content (AvgIpc) is 3.43. The third kappa shape index (κ3) is 6.27. The van der Waals surface area contributed by atoms with Crippen molar-refractivity contribution in [1.29, 1.82) is 0 Å². The van der Waals surface area contributed by atoms with Crippen molar-refractivity contribution in [2.75, 3.05) is 20.3 Å². The minimum atomic E-state index is -3.91. The van der Waals surface area contributed by atoms with E-state index >= 15 is 0 Å². The van der Waals surface area contributed by atoms with Crippen molar-refractivity contribution in [3.05, 3.63) is 58.8 Å². The SMILES string of the molecule is C=CCN1C(=O)/C(=C/c2ccc(OCCCCC)c(OC)c2)S/C1=N/S(=O)(=O)c1cccs1. The van der Waals surface area contributed by atoms with E-state index in [1.165, 1.54) is 17.0 Å². The van der Waals surface area contributed by atoms with E-state index in [9.17, 15) is 13.2 Å². The van der Waals surface area contributed by atoms with Gasteiger partial charge >= 0.3 is 0 Å². The number of unbranched alkanes of at least 4 members (excludes halogenated alkanes) is 2. The highest BCUT2D eigenvalue weighted by molar-refractivity contribution is 8.19. The van der Waals surface area contributed by atoms with Crippen molar-refractivity contribution in [3.63, 3.8) is 0 Å². The van der Waals surface area contributed by atoms with Crippen LogP contribution in [0.5, 0.6) is 11.5 Å². The van der Waals surface area contributed by atoms with Crippen LogP contribution in [0.3, 0.4) is 0 Å². The topological polar surface area (TPSA) is 85.3 Å². The molecule has 0 N–H and O–H groups in total. The molecule has 0 radical (unpaired) electrons. The van der Waals surface area contributed by atoms with Gasteiger partial charge in [0.15, 0.2) is 16.7 Å². The molecule has 1 aromatic heterocycles. The fourth-order valence-electron chi connectivity index (χ4n) is 3.00. The Hall–Kier alpha value is -2.56. The van der Waals surface area contributed by atoms with Gasteiger partial charge in [-0.15, -0.1) is 22.3 Å². The summed E-state index contributed by atoms with van der Waals surface area (Å²) in [6, 6.07) is 8.54. The van der Waals surface area contributed by atoms with E-state index in [1.54, 1.807) is 36.8 Å². The van der Waals surface area contributed by atoms with Crippen LogP contribution in [-0.4, -0.2) is 44.7 Å². The molecule has 0 aliphatic carbocycles. The molecule has 2 heterocycles. The van der Waals surface area contributed by atoms with Crippen molar-refractivity contribution in [1.82, 2.24) is 4.90 Å². The minimum absolute atomic E-state index is 0.0994. The van der Waals surface area contributed by atoms with E-state index in [0.29, 0.717) is 23.0 Å². The number of carbonyl (C=O) groups is 1. The molecule has 0 atom stereocenters. The van der Waals surface area contributed by atoms with Crippen LogP contribution in [0.15, 0.2) is 61.9 Å². The molecule has 176 valence electrons. The van der Waals surface area contributed by atoms with Gasteiger partial charge in [-0.05, 0) is 53.4 Å². The van der Waals surface area contributed by atoms with Crippen LogP contribution in [0.25, 0.3) is 6.08 Å². The zero-order valence-electron chi connectivity index (χ0n) is 18.5. The van der Waals surface area contributed by atoms with Crippen molar-refractivity contribution in [3.8, 4) is 11.5 Å². The third-order valence-electron chi connectivity index (χ3n) is 4.64. The molecule has 10 heteroatoms. The molecular weight excluding hydrogens is 480 g/mol. The molecule has 7 nitrogen and oxygen atoms in total. The normalized spacial score (nSPS) is 16.5. The molecule has 0 saturated carbocycles. The summed E-state index contributed by atoms with van der Waals surface area (Å²) in [7, 11) is -2.34. The molecule has 1 fully saturated rings. The first-order chi connectivity index (χ1) is 15.9. The molecule has 0 spiro atoms. The summed E-state index contributed by atoms with van der Waals surface area (Å²) in [5, 5.41) is 1.76. The Morgan fingerprint density at radius 3 is 2.70 bits per heavy atom. The van der Waals surface area contributed by atoms with Gasteiger partial charge in [-0.2, -0.15) is 8.42 Å². The molecule has 1 amide bonds. The lowest BCUT2D eigenvalue weighted by atomic mass is 10.2. The van der Waals surface area contributed by atoms with Crippen molar-refractivity contribution < 1.29 is 22.7 Å². The predicted molar refractivity (Wildman–Crippen MR) is 134 cm³/mol. The van der Waals surface area contributed by atoms with Gasteiger partial charge in [0, 0.05) is 6.54 Å².